The summed E-state index contributed by atoms with van der Waals surface area (Å²) in [5.74, 6) is -1.50. The monoisotopic (exact) mass is 626 g/mol. The maximum absolute atomic E-state index is 14.7. The maximum Gasteiger partial charge on any atom is 0.338 e. The minimum absolute atomic E-state index is 0.0569. The molecule has 1 aliphatic heterocycles. The van der Waals surface area contributed by atoms with E-state index in [-0.39, 0.29) is 19.0 Å². The number of fused-ring (bicyclic) bond motifs is 1. The van der Waals surface area contributed by atoms with Gasteiger partial charge >= 0.3 is 11.9 Å². The van der Waals surface area contributed by atoms with E-state index in [0.717, 1.165) is 28.1 Å². The Labute approximate surface area is 264 Å². The lowest BCUT2D eigenvalue weighted by atomic mass is 10.1. The van der Waals surface area contributed by atoms with E-state index >= 15 is 0 Å². The topological polar surface area (TPSA) is 114 Å². The molecule has 0 radical (unpaired) electrons. The summed E-state index contributed by atoms with van der Waals surface area (Å²) in [7, 11) is 0. The minimum Gasteiger partial charge on any atom is -0.488 e. The van der Waals surface area contributed by atoms with E-state index in [1.807, 2.05) is 48.5 Å². The Balaban J connectivity index is 1.28. The molecule has 1 heterocycles. The standard InChI is InChI=1S/C35H31FN2O6S/c1-2-43-34(42)24-13-11-22(12-14-24)21-44-30-18-26-9-4-3-8-25(26)17-27(30)19-31-33(41)38-35(45-31)37-28-16-15-23(29(36)20-28)7-5-6-10-32(39)40/h3-4,8-9,11-20H,2,5-7,10,21H2,1H3,(H,39,40)(H,37,38,41). The van der Waals surface area contributed by atoms with Gasteiger partial charge < -0.3 is 19.9 Å². The molecule has 0 fully saturated rings. The summed E-state index contributed by atoms with van der Waals surface area (Å²) in [4.78, 5) is 40.0. The van der Waals surface area contributed by atoms with Crippen LogP contribution in [-0.2, 0) is 27.4 Å². The average molecular weight is 627 g/mol. The quantitative estimate of drug-likeness (QED) is 0.0938. The summed E-state index contributed by atoms with van der Waals surface area (Å²) in [5.41, 5.74) is 2.97. The third kappa shape index (κ3) is 8.36. The molecule has 0 bridgehead atoms. The number of amidine groups is 1. The SMILES string of the molecule is CCOC(=O)c1ccc(COc2cc3ccccc3cc2C=C2SC(Nc3ccc(CCCCC(=O)O)c(F)c3)=NC2=O)cc1. The molecule has 4 aromatic rings. The zero-order chi connectivity index (χ0) is 31.8. The van der Waals surface area contributed by atoms with E-state index in [4.69, 9.17) is 14.6 Å². The van der Waals surface area contributed by atoms with Crippen LogP contribution >= 0.6 is 11.8 Å². The maximum atomic E-state index is 14.7. The Hall–Kier alpha value is -4.96. The van der Waals surface area contributed by atoms with Crippen LogP contribution in [0.1, 0.15) is 53.2 Å². The van der Waals surface area contributed by atoms with Gasteiger partial charge in [0, 0.05) is 17.7 Å². The fourth-order valence-corrected chi connectivity index (χ4v) is 5.56. The largest absolute Gasteiger partial charge is 0.488 e. The van der Waals surface area contributed by atoms with Crippen molar-refractivity contribution in [2.45, 2.75) is 39.2 Å². The molecule has 0 atom stereocenters. The fraction of sp³-hybridized carbons (Fsp3) is 0.200. The number of carbonyl (C=O) groups is 3. The lowest BCUT2D eigenvalue weighted by molar-refractivity contribution is -0.137. The van der Waals surface area contributed by atoms with Gasteiger partial charge in [-0.15, -0.1) is 0 Å². The van der Waals surface area contributed by atoms with Gasteiger partial charge in [-0.3, -0.25) is 9.59 Å². The van der Waals surface area contributed by atoms with Crippen molar-refractivity contribution in [3.63, 3.8) is 0 Å². The molecule has 0 aromatic heterocycles. The molecule has 5 rings (SSSR count). The molecule has 1 amide bonds. The number of carboxylic acid groups (broad SMARTS) is 1. The van der Waals surface area contributed by atoms with Gasteiger partial charge in [0.05, 0.1) is 17.1 Å². The van der Waals surface area contributed by atoms with Crippen LogP contribution in [0, 0.1) is 5.82 Å². The molecule has 1 aliphatic rings. The summed E-state index contributed by atoms with van der Waals surface area (Å²) < 4.78 is 25.9. The Kier molecular flexibility index (Phi) is 10.3. The number of amides is 1. The number of nitrogens with one attached hydrogen (secondary N) is 1. The molecule has 4 aromatic carbocycles. The molecule has 0 spiro atoms. The summed E-state index contributed by atoms with van der Waals surface area (Å²) in [6.07, 6.45) is 3.28. The highest BCUT2D eigenvalue weighted by Crippen LogP contribution is 2.34. The zero-order valence-electron chi connectivity index (χ0n) is 24.5. The third-order valence-electron chi connectivity index (χ3n) is 7.04. The Morgan fingerprint density at radius 2 is 1.76 bits per heavy atom. The third-order valence-corrected chi connectivity index (χ3v) is 7.93. The number of thioether (sulfide) groups is 1. The number of hydrogen-bond acceptors (Lipinski definition) is 7. The van der Waals surface area contributed by atoms with Gasteiger partial charge in [-0.2, -0.15) is 4.99 Å². The van der Waals surface area contributed by atoms with E-state index in [2.05, 4.69) is 10.3 Å². The number of rotatable bonds is 12. The smallest absolute Gasteiger partial charge is 0.338 e. The van der Waals surface area contributed by atoms with Gasteiger partial charge in [-0.05, 0) is 102 Å². The number of ether oxygens (including phenoxy) is 2. The number of unbranched alkanes of at least 4 members (excludes halogenated alkanes) is 1. The average Bonchev–Trinajstić information content (AvgIpc) is 3.37. The fourth-order valence-electron chi connectivity index (χ4n) is 4.73. The van der Waals surface area contributed by atoms with E-state index in [9.17, 15) is 18.8 Å². The lowest BCUT2D eigenvalue weighted by Gasteiger charge is -2.12. The first-order valence-corrected chi connectivity index (χ1v) is 15.3. The summed E-state index contributed by atoms with van der Waals surface area (Å²) in [6.45, 7) is 2.30. The molecule has 0 unspecified atom stereocenters. The van der Waals surface area contributed by atoms with Gasteiger partial charge in [-0.1, -0.05) is 42.5 Å². The van der Waals surface area contributed by atoms with Crippen LogP contribution in [0.25, 0.3) is 16.8 Å². The second-order valence-electron chi connectivity index (χ2n) is 10.3. The minimum atomic E-state index is -0.864. The van der Waals surface area contributed by atoms with Crippen LogP contribution in [0.2, 0.25) is 0 Å². The Bertz CT molecular complexity index is 1800. The molecule has 45 heavy (non-hydrogen) atoms. The van der Waals surface area contributed by atoms with Crippen molar-refractivity contribution in [3.05, 3.63) is 112 Å². The number of anilines is 1. The number of aliphatic carboxylic acids is 1. The van der Waals surface area contributed by atoms with Crippen molar-refractivity contribution in [1.29, 1.82) is 0 Å². The van der Waals surface area contributed by atoms with Gasteiger partial charge in [0.2, 0.25) is 0 Å². The van der Waals surface area contributed by atoms with Crippen LogP contribution in [0.5, 0.6) is 5.75 Å². The van der Waals surface area contributed by atoms with Gasteiger partial charge in [-0.25, -0.2) is 9.18 Å². The van der Waals surface area contributed by atoms with Crippen LogP contribution in [-0.4, -0.2) is 34.7 Å². The van der Waals surface area contributed by atoms with Gasteiger partial charge in [0.25, 0.3) is 5.91 Å². The second kappa shape index (κ2) is 14.7. The summed E-state index contributed by atoms with van der Waals surface area (Å²) in [5, 5.41) is 14.1. The van der Waals surface area contributed by atoms with Crippen LogP contribution in [0.3, 0.4) is 0 Å². The van der Waals surface area contributed by atoms with Crippen LogP contribution in [0.4, 0.5) is 10.1 Å². The molecule has 2 N–H and O–H groups in total. The van der Waals surface area contributed by atoms with Gasteiger partial charge in [0.15, 0.2) is 5.17 Å². The number of nitrogens with zero attached hydrogens (tertiary/aromatic N) is 1. The molecule has 0 saturated carbocycles. The second-order valence-corrected chi connectivity index (χ2v) is 11.3. The first kappa shape index (κ1) is 31.5. The van der Waals surface area contributed by atoms with Crippen molar-refractivity contribution < 1.29 is 33.4 Å². The number of benzene rings is 4. The molecular weight excluding hydrogens is 595 g/mol. The van der Waals surface area contributed by atoms with Crippen molar-refractivity contribution in [2.24, 2.45) is 4.99 Å². The number of aliphatic imine (C=N–C) groups is 1. The number of aryl methyl sites for hydroxylation is 1. The number of halogens is 1. The highest BCUT2D eigenvalue weighted by molar-refractivity contribution is 8.18. The normalized spacial score (nSPS) is 13.6. The predicted molar refractivity (Wildman–Crippen MR) is 174 cm³/mol. The van der Waals surface area contributed by atoms with Crippen LogP contribution in [0.15, 0.2) is 88.8 Å². The molecule has 10 heteroatoms. The van der Waals surface area contributed by atoms with E-state index in [0.29, 0.717) is 64.1 Å². The van der Waals surface area contributed by atoms with Crippen molar-refractivity contribution in [3.8, 4) is 5.75 Å². The zero-order valence-corrected chi connectivity index (χ0v) is 25.4. The summed E-state index contributed by atoms with van der Waals surface area (Å²) in [6, 6.07) is 23.4. The highest BCUT2D eigenvalue weighted by atomic mass is 32.2. The van der Waals surface area contributed by atoms with Crippen molar-refractivity contribution in [2.75, 3.05) is 11.9 Å². The molecule has 8 nitrogen and oxygen atoms in total. The first-order valence-electron chi connectivity index (χ1n) is 14.5. The van der Waals surface area contributed by atoms with Crippen LogP contribution < -0.4 is 10.1 Å². The molecule has 0 aliphatic carbocycles. The Morgan fingerprint density at radius 1 is 1.00 bits per heavy atom. The molecular formula is C35H31FN2O6S. The molecule has 0 saturated heterocycles. The van der Waals surface area contributed by atoms with E-state index in [1.165, 1.54) is 6.07 Å². The van der Waals surface area contributed by atoms with E-state index in [1.54, 1.807) is 37.3 Å². The molecule has 230 valence electrons. The number of hydrogen-bond donors (Lipinski definition) is 2. The first-order chi connectivity index (χ1) is 21.8. The van der Waals surface area contributed by atoms with Gasteiger partial charge in [0.1, 0.15) is 18.2 Å². The van der Waals surface area contributed by atoms with Crippen molar-refractivity contribution >= 4 is 57.3 Å². The summed E-state index contributed by atoms with van der Waals surface area (Å²) >= 11 is 1.15. The lowest BCUT2D eigenvalue weighted by Crippen LogP contribution is -2.05. The Morgan fingerprint density at radius 3 is 2.47 bits per heavy atom. The highest BCUT2D eigenvalue weighted by Gasteiger charge is 2.23. The predicted octanol–water partition coefficient (Wildman–Crippen LogP) is 7.61. The number of carboxylic acids is 1. The number of carbonyl (C=O) groups excluding carboxylic acids is 2. The number of esters is 1. The van der Waals surface area contributed by atoms with Crippen molar-refractivity contribution in [1.82, 2.24) is 0 Å². The van der Waals surface area contributed by atoms with E-state index < -0.39 is 17.7 Å².